The molecule has 0 spiro atoms. The summed E-state index contributed by atoms with van der Waals surface area (Å²) in [7, 11) is 0. The van der Waals surface area contributed by atoms with Crippen LogP contribution in [0.1, 0.15) is 46.5 Å². The molecule has 1 aliphatic carbocycles. The maximum atomic E-state index is 3.69. The Kier molecular flexibility index (Phi) is 6.83. The number of rotatable bonds is 6. The normalized spacial score (nSPS) is 30.9. The second kappa shape index (κ2) is 7.60. The Bertz CT molecular complexity index is 182. The van der Waals surface area contributed by atoms with E-state index in [0.717, 1.165) is 30.3 Å². The van der Waals surface area contributed by atoms with Gasteiger partial charge in [-0.25, -0.2) is 0 Å². The molecule has 0 aromatic heterocycles. The summed E-state index contributed by atoms with van der Waals surface area (Å²) < 4.78 is 0. The highest BCUT2D eigenvalue weighted by atomic mass is 32.2. The third-order valence-electron chi connectivity index (χ3n) is 4.12. The molecule has 0 radical (unpaired) electrons. The van der Waals surface area contributed by atoms with Gasteiger partial charge >= 0.3 is 0 Å². The van der Waals surface area contributed by atoms with Gasteiger partial charge in [-0.1, -0.05) is 20.8 Å². The zero-order valence-electron chi connectivity index (χ0n) is 11.5. The van der Waals surface area contributed by atoms with E-state index >= 15 is 0 Å². The van der Waals surface area contributed by atoms with Crippen molar-refractivity contribution >= 4 is 11.8 Å². The van der Waals surface area contributed by atoms with Crippen molar-refractivity contribution in [3.05, 3.63) is 0 Å². The Morgan fingerprint density at radius 3 is 2.62 bits per heavy atom. The summed E-state index contributed by atoms with van der Waals surface area (Å²) >= 11 is 2.00. The maximum Gasteiger partial charge on any atom is 0.00957 e. The van der Waals surface area contributed by atoms with Gasteiger partial charge in [-0.2, -0.15) is 11.8 Å². The molecular formula is C14H29NS. The van der Waals surface area contributed by atoms with Gasteiger partial charge in [0.15, 0.2) is 0 Å². The van der Waals surface area contributed by atoms with E-state index in [2.05, 4.69) is 32.3 Å². The van der Waals surface area contributed by atoms with E-state index in [0.29, 0.717) is 0 Å². The average Bonchev–Trinajstić information content (AvgIpc) is 2.27. The Labute approximate surface area is 106 Å². The zero-order valence-corrected chi connectivity index (χ0v) is 12.3. The Morgan fingerprint density at radius 1 is 1.31 bits per heavy atom. The van der Waals surface area contributed by atoms with Crippen LogP contribution in [-0.2, 0) is 0 Å². The summed E-state index contributed by atoms with van der Waals surface area (Å²) in [6.45, 7) is 8.15. The van der Waals surface area contributed by atoms with E-state index in [1.165, 1.54) is 31.4 Å². The lowest BCUT2D eigenvalue weighted by molar-refractivity contribution is 0.167. The summed E-state index contributed by atoms with van der Waals surface area (Å²) in [6.07, 6.45) is 7.92. The van der Waals surface area contributed by atoms with E-state index in [1.54, 1.807) is 0 Å². The van der Waals surface area contributed by atoms with Gasteiger partial charge in [0.05, 0.1) is 0 Å². The first-order valence-electron chi connectivity index (χ1n) is 6.91. The van der Waals surface area contributed by atoms with E-state index in [4.69, 9.17) is 0 Å². The van der Waals surface area contributed by atoms with Crippen molar-refractivity contribution in [1.82, 2.24) is 5.32 Å². The fraction of sp³-hybridized carbons (Fsp3) is 1.00. The molecule has 1 nitrogen and oxygen atoms in total. The van der Waals surface area contributed by atoms with Gasteiger partial charge in [-0.05, 0) is 62.0 Å². The van der Waals surface area contributed by atoms with E-state index < -0.39 is 0 Å². The number of hydrogen-bond acceptors (Lipinski definition) is 2. The van der Waals surface area contributed by atoms with Crippen LogP contribution in [0.2, 0.25) is 0 Å². The highest BCUT2D eigenvalue weighted by Gasteiger charge is 2.30. The molecule has 0 bridgehead atoms. The molecule has 0 saturated heterocycles. The van der Waals surface area contributed by atoms with Crippen molar-refractivity contribution in [3.63, 3.8) is 0 Å². The smallest absolute Gasteiger partial charge is 0.00957 e. The molecule has 1 rings (SSSR count). The molecular weight excluding hydrogens is 214 g/mol. The standard InChI is InChI=1S/C14H29NS/c1-5-15-14-7-6-12(11(2)3)10-13(14)8-9-16-4/h11-15H,5-10H2,1-4H3. The van der Waals surface area contributed by atoms with Crippen LogP contribution in [0.4, 0.5) is 0 Å². The van der Waals surface area contributed by atoms with Crippen molar-refractivity contribution in [1.29, 1.82) is 0 Å². The molecule has 0 aromatic carbocycles. The first-order valence-corrected chi connectivity index (χ1v) is 8.30. The van der Waals surface area contributed by atoms with Gasteiger partial charge in [-0.3, -0.25) is 0 Å². The highest BCUT2D eigenvalue weighted by Crippen LogP contribution is 2.35. The summed E-state index contributed by atoms with van der Waals surface area (Å²) in [5.41, 5.74) is 0. The van der Waals surface area contributed by atoms with Crippen LogP contribution >= 0.6 is 11.8 Å². The van der Waals surface area contributed by atoms with Crippen LogP contribution < -0.4 is 5.32 Å². The Hall–Kier alpha value is 0.310. The number of thioether (sulfide) groups is 1. The zero-order chi connectivity index (χ0) is 12.0. The van der Waals surface area contributed by atoms with Crippen molar-refractivity contribution in [3.8, 4) is 0 Å². The molecule has 0 aromatic rings. The third-order valence-corrected chi connectivity index (χ3v) is 4.77. The van der Waals surface area contributed by atoms with Gasteiger partial charge in [0.2, 0.25) is 0 Å². The van der Waals surface area contributed by atoms with Gasteiger partial charge in [0.25, 0.3) is 0 Å². The predicted octanol–water partition coefficient (Wildman–Crippen LogP) is 3.79. The van der Waals surface area contributed by atoms with E-state index in [-0.39, 0.29) is 0 Å². The lowest BCUT2D eigenvalue weighted by Crippen LogP contribution is -2.41. The number of hydrogen-bond donors (Lipinski definition) is 1. The molecule has 2 heteroatoms. The summed E-state index contributed by atoms with van der Waals surface area (Å²) in [5.74, 6) is 4.10. The molecule has 1 aliphatic rings. The molecule has 3 atom stereocenters. The monoisotopic (exact) mass is 243 g/mol. The summed E-state index contributed by atoms with van der Waals surface area (Å²) in [4.78, 5) is 0. The first-order chi connectivity index (χ1) is 7.69. The minimum atomic E-state index is 0.798. The van der Waals surface area contributed by atoms with Crippen LogP contribution in [0, 0.1) is 17.8 Å². The molecule has 96 valence electrons. The predicted molar refractivity (Wildman–Crippen MR) is 76.1 cm³/mol. The molecule has 0 amide bonds. The third kappa shape index (κ3) is 4.29. The second-order valence-electron chi connectivity index (χ2n) is 5.52. The Morgan fingerprint density at radius 2 is 2.06 bits per heavy atom. The Balaban J connectivity index is 2.47. The second-order valence-corrected chi connectivity index (χ2v) is 6.51. The van der Waals surface area contributed by atoms with Gasteiger partial charge < -0.3 is 5.32 Å². The molecule has 3 unspecified atom stereocenters. The molecule has 1 saturated carbocycles. The van der Waals surface area contributed by atoms with Crippen LogP contribution in [0.15, 0.2) is 0 Å². The van der Waals surface area contributed by atoms with E-state index in [1.807, 2.05) is 11.8 Å². The van der Waals surface area contributed by atoms with Crippen molar-refractivity contribution < 1.29 is 0 Å². The summed E-state index contributed by atoms with van der Waals surface area (Å²) in [6, 6.07) is 0.798. The lowest BCUT2D eigenvalue weighted by atomic mass is 9.72. The quantitative estimate of drug-likeness (QED) is 0.762. The van der Waals surface area contributed by atoms with Gasteiger partial charge in [-0.15, -0.1) is 0 Å². The molecule has 0 aliphatic heterocycles. The minimum Gasteiger partial charge on any atom is -0.314 e. The van der Waals surface area contributed by atoms with Crippen LogP contribution in [0.25, 0.3) is 0 Å². The fourth-order valence-corrected chi connectivity index (χ4v) is 3.56. The molecule has 0 heterocycles. The summed E-state index contributed by atoms with van der Waals surface area (Å²) in [5, 5.41) is 3.69. The van der Waals surface area contributed by atoms with Crippen LogP contribution in [0.3, 0.4) is 0 Å². The lowest BCUT2D eigenvalue weighted by Gasteiger charge is -2.38. The van der Waals surface area contributed by atoms with Crippen LogP contribution in [0.5, 0.6) is 0 Å². The van der Waals surface area contributed by atoms with Crippen LogP contribution in [-0.4, -0.2) is 24.6 Å². The SMILES string of the molecule is CCNC1CCC(C(C)C)CC1CCSC. The minimum absolute atomic E-state index is 0.798. The van der Waals surface area contributed by atoms with Crippen molar-refractivity contribution in [2.45, 2.75) is 52.5 Å². The van der Waals surface area contributed by atoms with E-state index in [9.17, 15) is 0 Å². The average molecular weight is 243 g/mol. The van der Waals surface area contributed by atoms with Gasteiger partial charge in [0, 0.05) is 6.04 Å². The first kappa shape index (κ1) is 14.4. The highest BCUT2D eigenvalue weighted by molar-refractivity contribution is 7.98. The molecule has 1 N–H and O–H groups in total. The fourth-order valence-electron chi connectivity index (χ4n) is 3.03. The topological polar surface area (TPSA) is 12.0 Å². The van der Waals surface area contributed by atoms with Crippen molar-refractivity contribution in [2.24, 2.45) is 17.8 Å². The molecule has 16 heavy (non-hydrogen) atoms. The van der Waals surface area contributed by atoms with Crippen molar-refractivity contribution in [2.75, 3.05) is 18.6 Å². The maximum absolute atomic E-state index is 3.69. The van der Waals surface area contributed by atoms with Gasteiger partial charge in [0.1, 0.15) is 0 Å². The largest absolute Gasteiger partial charge is 0.314 e. The molecule has 1 fully saturated rings. The number of nitrogens with one attached hydrogen (secondary N) is 1.